The summed E-state index contributed by atoms with van der Waals surface area (Å²) in [6.07, 6.45) is 3.98. The molecule has 6 heteroatoms. The Balaban J connectivity index is 1.58. The number of nitrogens with zero attached hydrogens (tertiary/aromatic N) is 2. The molecule has 0 spiro atoms. The molecule has 0 atom stereocenters. The molecule has 4 aromatic carbocycles. The SMILES string of the molecule is COc1ccc(-n2c(/C=C/C[Se](c3ccccc3)c3ccccc3O)nc3ccccc3c2=O)cc1. The minimum absolute atomic E-state index is 0.123. The maximum atomic E-state index is 13.5. The number of benzene rings is 4. The van der Waals surface area contributed by atoms with Crippen LogP contribution in [-0.4, -0.2) is 35.7 Å². The number of aromatic nitrogens is 2. The van der Waals surface area contributed by atoms with E-state index in [0.29, 0.717) is 22.5 Å². The second-order valence-electron chi connectivity index (χ2n) is 8.07. The molecule has 1 aromatic heterocycles. The Morgan fingerprint density at radius 3 is 2.33 bits per heavy atom. The van der Waals surface area contributed by atoms with Gasteiger partial charge in [-0.3, -0.25) is 0 Å². The quantitative estimate of drug-likeness (QED) is 0.311. The number of para-hydroxylation sites is 2. The Morgan fingerprint density at radius 2 is 1.58 bits per heavy atom. The van der Waals surface area contributed by atoms with Gasteiger partial charge in [0.25, 0.3) is 0 Å². The number of methoxy groups -OCH3 is 1. The summed E-state index contributed by atoms with van der Waals surface area (Å²) in [4.78, 5) is 18.3. The Kier molecular flexibility index (Phi) is 6.99. The van der Waals surface area contributed by atoms with E-state index < -0.39 is 13.9 Å². The molecule has 0 unspecified atom stereocenters. The number of hydrogen-bond donors (Lipinski definition) is 1. The van der Waals surface area contributed by atoms with E-state index in [2.05, 4.69) is 18.2 Å². The molecule has 5 aromatic rings. The van der Waals surface area contributed by atoms with Crippen molar-refractivity contribution in [3.63, 3.8) is 0 Å². The van der Waals surface area contributed by atoms with Gasteiger partial charge in [-0.1, -0.05) is 0 Å². The number of rotatable bonds is 7. The first-order chi connectivity index (χ1) is 17.7. The van der Waals surface area contributed by atoms with Crippen molar-refractivity contribution in [3.05, 3.63) is 125 Å². The van der Waals surface area contributed by atoms with E-state index in [0.717, 1.165) is 21.2 Å². The Hall–Kier alpha value is -4.12. The van der Waals surface area contributed by atoms with Gasteiger partial charge >= 0.3 is 214 Å². The van der Waals surface area contributed by atoms with Gasteiger partial charge in [0, 0.05) is 0 Å². The van der Waals surface area contributed by atoms with Crippen LogP contribution in [0.3, 0.4) is 0 Å². The fourth-order valence-electron chi connectivity index (χ4n) is 4.06. The number of allylic oxidation sites excluding steroid dienone is 1. The van der Waals surface area contributed by atoms with Crippen LogP contribution in [0, 0.1) is 0 Å². The molecule has 5 nitrogen and oxygen atoms in total. The van der Waals surface area contributed by atoms with Crippen LogP contribution in [0.15, 0.2) is 114 Å². The van der Waals surface area contributed by atoms with Gasteiger partial charge in [0.15, 0.2) is 0 Å². The third-order valence-electron chi connectivity index (χ3n) is 5.82. The molecule has 0 fully saturated rings. The fourth-order valence-corrected chi connectivity index (χ4v) is 8.18. The summed E-state index contributed by atoms with van der Waals surface area (Å²) < 4.78 is 9.13. The van der Waals surface area contributed by atoms with Crippen molar-refractivity contribution < 1.29 is 9.84 Å². The van der Waals surface area contributed by atoms with Crippen molar-refractivity contribution in [3.8, 4) is 17.2 Å². The average molecular weight is 541 g/mol. The van der Waals surface area contributed by atoms with Crippen LogP contribution < -0.4 is 19.2 Å². The van der Waals surface area contributed by atoms with Crippen molar-refractivity contribution in [2.75, 3.05) is 7.11 Å². The summed E-state index contributed by atoms with van der Waals surface area (Å²) in [5.74, 6) is 1.59. The molecule has 1 N–H and O–H groups in total. The van der Waals surface area contributed by atoms with Gasteiger partial charge in [0.05, 0.1) is 0 Å². The van der Waals surface area contributed by atoms with Crippen LogP contribution in [0.4, 0.5) is 0 Å². The summed E-state index contributed by atoms with van der Waals surface area (Å²) in [7, 11) is 1.62. The van der Waals surface area contributed by atoms with Crippen molar-refractivity contribution in [2.24, 2.45) is 0 Å². The maximum absolute atomic E-state index is 13.5. The summed E-state index contributed by atoms with van der Waals surface area (Å²) >= 11 is -1.59. The van der Waals surface area contributed by atoms with Gasteiger partial charge in [-0.05, 0) is 0 Å². The first kappa shape index (κ1) is 23.6. The first-order valence-corrected chi connectivity index (χ1v) is 14.4. The normalized spacial score (nSPS) is 11.4. The van der Waals surface area contributed by atoms with Crippen LogP contribution >= 0.6 is 0 Å². The van der Waals surface area contributed by atoms with Gasteiger partial charge in [0.2, 0.25) is 0 Å². The van der Waals surface area contributed by atoms with E-state index in [1.165, 1.54) is 4.46 Å². The van der Waals surface area contributed by atoms with Crippen molar-refractivity contribution in [2.45, 2.75) is 5.32 Å². The van der Waals surface area contributed by atoms with Gasteiger partial charge in [-0.2, -0.15) is 0 Å². The molecule has 0 bridgehead atoms. The molecule has 1 radical (unpaired) electrons. The monoisotopic (exact) mass is 541 g/mol. The zero-order chi connectivity index (χ0) is 24.9. The second kappa shape index (κ2) is 10.6. The number of phenolic OH excluding ortho intramolecular Hbond substituents is 1. The van der Waals surface area contributed by atoms with Crippen LogP contribution in [0.25, 0.3) is 22.7 Å². The van der Waals surface area contributed by atoms with Crippen LogP contribution in [0.1, 0.15) is 5.82 Å². The third kappa shape index (κ3) is 4.82. The summed E-state index contributed by atoms with van der Waals surface area (Å²) in [6, 6.07) is 32.6. The number of aromatic hydroxyl groups is 1. The van der Waals surface area contributed by atoms with Gasteiger partial charge in [-0.15, -0.1) is 0 Å². The van der Waals surface area contributed by atoms with Crippen molar-refractivity contribution in [1.29, 1.82) is 0 Å². The molecule has 0 saturated carbocycles. The van der Waals surface area contributed by atoms with Crippen LogP contribution in [0.2, 0.25) is 5.32 Å². The number of ether oxygens (including phenoxy) is 1. The molecule has 1 heterocycles. The molecule has 0 amide bonds. The summed E-state index contributed by atoms with van der Waals surface area (Å²) in [5, 5.41) is 11.9. The van der Waals surface area contributed by atoms with Gasteiger partial charge in [-0.25, -0.2) is 0 Å². The Bertz CT molecular complexity index is 1580. The molecule has 0 aliphatic rings. The number of fused-ring (bicyclic) bond motifs is 1. The Labute approximate surface area is 213 Å². The third-order valence-corrected chi connectivity index (χ3v) is 10.5. The van der Waals surface area contributed by atoms with E-state index >= 15 is 0 Å². The predicted octanol–water partition coefficient (Wildman–Crippen LogP) is 4.42. The number of hydrogen-bond acceptors (Lipinski definition) is 4. The fraction of sp³-hybridized carbons (Fsp3) is 0.0667. The van der Waals surface area contributed by atoms with Crippen LogP contribution in [0.5, 0.6) is 11.5 Å². The molecule has 0 saturated heterocycles. The predicted molar refractivity (Wildman–Crippen MR) is 147 cm³/mol. The average Bonchev–Trinajstić information content (AvgIpc) is 2.92. The van der Waals surface area contributed by atoms with Crippen molar-refractivity contribution >= 4 is 39.8 Å². The standard InChI is InChI=1S/C30H25N2O3Se/c1-35-23-19-17-22(18-20-23)32-29(31-26-13-6-5-12-25(26)30(32)34)16-9-21-36(24-10-3-2-4-11-24)28-15-8-7-14-27(28)33/h2-20,33H,21H2,1H3/b16-9+. The minimum atomic E-state index is -1.59. The summed E-state index contributed by atoms with van der Waals surface area (Å²) in [5.41, 5.74) is 1.25. The van der Waals surface area contributed by atoms with Crippen molar-refractivity contribution in [1.82, 2.24) is 9.55 Å². The summed E-state index contributed by atoms with van der Waals surface area (Å²) in [6.45, 7) is 0. The molecular formula is C30H25N2O3Se. The first-order valence-electron chi connectivity index (χ1n) is 11.5. The van der Waals surface area contributed by atoms with E-state index in [-0.39, 0.29) is 5.56 Å². The molecule has 36 heavy (non-hydrogen) atoms. The second-order valence-corrected chi connectivity index (χ2v) is 12.3. The molecule has 179 valence electrons. The molecule has 0 aliphatic carbocycles. The van der Waals surface area contributed by atoms with E-state index in [1.54, 1.807) is 23.8 Å². The van der Waals surface area contributed by atoms with Gasteiger partial charge < -0.3 is 0 Å². The molecule has 0 aliphatic heterocycles. The number of phenols is 1. The molecule has 5 rings (SSSR count). The van der Waals surface area contributed by atoms with E-state index in [1.807, 2.05) is 84.9 Å². The van der Waals surface area contributed by atoms with Gasteiger partial charge in [0.1, 0.15) is 0 Å². The van der Waals surface area contributed by atoms with Crippen LogP contribution in [-0.2, 0) is 0 Å². The topological polar surface area (TPSA) is 64.3 Å². The van der Waals surface area contributed by atoms with E-state index in [4.69, 9.17) is 9.72 Å². The zero-order valence-corrected chi connectivity index (χ0v) is 21.5. The Morgan fingerprint density at radius 1 is 0.889 bits per heavy atom. The van der Waals surface area contributed by atoms with E-state index in [9.17, 15) is 9.90 Å². The zero-order valence-electron chi connectivity index (χ0n) is 19.7. The molecular weight excluding hydrogens is 515 g/mol.